The summed E-state index contributed by atoms with van der Waals surface area (Å²) in [6.07, 6.45) is 3.33. The van der Waals surface area contributed by atoms with Crippen molar-refractivity contribution in [3.05, 3.63) is 47.4 Å². The van der Waals surface area contributed by atoms with Crippen LogP contribution in [0.25, 0.3) is 0 Å². The molecule has 2 rings (SSSR count). The zero-order chi connectivity index (χ0) is 15.9. The molecule has 116 valence electrons. The maximum absolute atomic E-state index is 11.9. The van der Waals surface area contributed by atoms with E-state index in [1.165, 1.54) is 19.6 Å². The first-order chi connectivity index (χ1) is 10.6. The molecule has 22 heavy (non-hydrogen) atoms. The average molecular weight is 322 g/mol. The van der Waals surface area contributed by atoms with Crippen molar-refractivity contribution in [3.8, 4) is 5.75 Å². The first-order valence-corrected chi connectivity index (χ1v) is 7.03. The van der Waals surface area contributed by atoms with E-state index in [2.05, 4.69) is 15.3 Å². The van der Waals surface area contributed by atoms with Gasteiger partial charge >= 0.3 is 5.97 Å². The molecule has 0 aliphatic rings. The maximum atomic E-state index is 11.9. The van der Waals surface area contributed by atoms with Crippen LogP contribution in [0.1, 0.15) is 5.56 Å². The van der Waals surface area contributed by atoms with E-state index in [0.717, 1.165) is 5.56 Å². The summed E-state index contributed by atoms with van der Waals surface area (Å²) in [5.41, 5.74) is 0.920. The third-order valence-corrected chi connectivity index (χ3v) is 3.41. The Labute approximate surface area is 133 Å². The van der Waals surface area contributed by atoms with Crippen molar-refractivity contribution in [2.45, 2.75) is 6.42 Å². The Morgan fingerprint density at radius 3 is 2.77 bits per heavy atom. The Bertz CT molecular complexity index is 634. The Balaban J connectivity index is 2.05. The Hall–Kier alpha value is -2.34. The number of ether oxygens (including phenoxy) is 1. The molecule has 0 amide bonds. The molecular formula is C15H16ClN3O3. The first-order valence-electron chi connectivity index (χ1n) is 6.65. The fourth-order valence-electron chi connectivity index (χ4n) is 1.98. The van der Waals surface area contributed by atoms with E-state index in [9.17, 15) is 9.90 Å². The molecule has 1 unspecified atom stereocenters. The summed E-state index contributed by atoms with van der Waals surface area (Å²) in [6, 6.07) is 6.70. The van der Waals surface area contributed by atoms with Crippen LogP contribution < -0.4 is 5.32 Å². The number of nitrogens with zero attached hydrogens (tertiary/aromatic N) is 2. The number of benzene rings is 1. The van der Waals surface area contributed by atoms with Crippen LogP contribution in [0, 0.1) is 5.92 Å². The third-order valence-electron chi connectivity index (χ3n) is 3.14. The fraction of sp³-hybridized carbons (Fsp3) is 0.267. The zero-order valence-electron chi connectivity index (χ0n) is 12.0. The van der Waals surface area contributed by atoms with Gasteiger partial charge in [0.25, 0.3) is 0 Å². The number of halogens is 1. The summed E-state index contributed by atoms with van der Waals surface area (Å²) in [6.45, 7) is 0.324. The lowest BCUT2D eigenvalue weighted by Crippen LogP contribution is -2.26. The van der Waals surface area contributed by atoms with E-state index < -0.39 is 5.92 Å². The van der Waals surface area contributed by atoms with Gasteiger partial charge in [0.2, 0.25) is 0 Å². The van der Waals surface area contributed by atoms with Crippen molar-refractivity contribution < 1.29 is 14.6 Å². The molecule has 0 aliphatic carbocycles. The fourth-order valence-corrected chi connectivity index (χ4v) is 2.16. The van der Waals surface area contributed by atoms with Gasteiger partial charge in [0, 0.05) is 6.54 Å². The number of aromatic nitrogens is 2. The molecule has 0 saturated carbocycles. The molecule has 7 heteroatoms. The summed E-state index contributed by atoms with van der Waals surface area (Å²) in [7, 11) is 1.35. The van der Waals surface area contributed by atoms with Crippen molar-refractivity contribution in [1.29, 1.82) is 0 Å². The SMILES string of the molecule is COC(=O)C(CNc1ncncc1Cl)Cc1ccc(O)cc1. The molecular weight excluding hydrogens is 306 g/mol. The number of methoxy groups -OCH3 is 1. The molecule has 0 spiro atoms. The predicted octanol–water partition coefficient (Wildman–Crippen LogP) is 2.28. The highest BCUT2D eigenvalue weighted by Crippen LogP contribution is 2.19. The van der Waals surface area contributed by atoms with Crippen LogP contribution >= 0.6 is 11.6 Å². The van der Waals surface area contributed by atoms with Gasteiger partial charge in [-0.25, -0.2) is 9.97 Å². The minimum Gasteiger partial charge on any atom is -0.508 e. The average Bonchev–Trinajstić information content (AvgIpc) is 2.54. The lowest BCUT2D eigenvalue weighted by Gasteiger charge is -2.16. The van der Waals surface area contributed by atoms with Crippen LogP contribution in [0.15, 0.2) is 36.8 Å². The highest BCUT2D eigenvalue weighted by molar-refractivity contribution is 6.32. The Morgan fingerprint density at radius 1 is 1.41 bits per heavy atom. The lowest BCUT2D eigenvalue weighted by atomic mass is 9.99. The number of phenols is 1. The number of esters is 1. The van der Waals surface area contributed by atoms with Crippen molar-refractivity contribution >= 4 is 23.4 Å². The number of carbonyl (C=O) groups excluding carboxylic acids is 1. The Kier molecular flexibility index (Phi) is 5.55. The maximum Gasteiger partial charge on any atom is 0.310 e. The number of carbonyl (C=O) groups is 1. The van der Waals surface area contributed by atoms with Crippen LogP contribution in [-0.4, -0.2) is 34.7 Å². The van der Waals surface area contributed by atoms with Gasteiger partial charge in [0.05, 0.1) is 19.2 Å². The molecule has 1 aromatic heterocycles. The minimum atomic E-state index is -0.402. The van der Waals surface area contributed by atoms with Gasteiger partial charge < -0.3 is 15.2 Å². The largest absolute Gasteiger partial charge is 0.508 e. The molecule has 0 radical (unpaired) electrons. The first kappa shape index (κ1) is 16.0. The van der Waals surface area contributed by atoms with Crippen LogP contribution in [-0.2, 0) is 16.0 Å². The zero-order valence-corrected chi connectivity index (χ0v) is 12.7. The second-order valence-corrected chi connectivity index (χ2v) is 5.10. The van der Waals surface area contributed by atoms with E-state index in [1.54, 1.807) is 24.3 Å². The second kappa shape index (κ2) is 7.61. The van der Waals surface area contributed by atoms with Crippen LogP contribution in [0.2, 0.25) is 5.02 Å². The van der Waals surface area contributed by atoms with Gasteiger partial charge in [-0.3, -0.25) is 4.79 Å². The lowest BCUT2D eigenvalue weighted by molar-refractivity contribution is -0.144. The molecule has 1 atom stereocenters. The number of nitrogens with one attached hydrogen (secondary N) is 1. The molecule has 1 aromatic carbocycles. The standard InChI is InChI=1S/C15H16ClN3O3/c1-22-15(21)11(6-10-2-4-12(20)5-3-10)7-18-14-13(16)8-17-9-19-14/h2-5,8-9,11,20H,6-7H2,1H3,(H,17,18,19). The molecule has 6 nitrogen and oxygen atoms in total. The van der Waals surface area contributed by atoms with E-state index in [0.29, 0.717) is 23.8 Å². The highest BCUT2D eigenvalue weighted by Gasteiger charge is 2.20. The van der Waals surface area contributed by atoms with Crippen LogP contribution in [0.4, 0.5) is 5.82 Å². The highest BCUT2D eigenvalue weighted by atomic mass is 35.5. The van der Waals surface area contributed by atoms with Gasteiger partial charge in [-0.1, -0.05) is 23.7 Å². The smallest absolute Gasteiger partial charge is 0.310 e. The van der Waals surface area contributed by atoms with Gasteiger partial charge in [-0.05, 0) is 24.1 Å². The summed E-state index contributed by atoms with van der Waals surface area (Å²) in [5.74, 6) is -0.0770. The number of phenolic OH excluding ortho intramolecular Hbond substituents is 1. The topological polar surface area (TPSA) is 84.3 Å². The van der Waals surface area contributed by atoms with Crippen molar-refractivity contribution in [3.63, 3.8) is 0 Å². The number of hydrogen-bond donors (Lipinski definition) is 2. The van der Waals surface area contributed by atoms with Crippen LogP contribution in [0.5, 0.6) is 5.75 Å². The molecule has 0 aliphatic heterocycles. The van der Waals surface area contributed by atoms with E-state index in [-0.39, 0.29) is 11.7 Å². The van der Waals surface area contributed by atoms with Gasteiger partial charge in [0.1, 0.15) is 22.9 Å². The van der Waals surface area contributed by atoms with Crippen molar-refractivity contribution in [1.82, 2.24) is 9.97 Å². The van der Waals surface area contributed by atoms with Crippen molar-refractivity contribution in [2.24, 2.45) is 5.92 Å². The number of anilines is 1. The normalized spacial score (nSPS) is 11.7. The van der Waals surface area contributed by atoms with E-state index >= 15 is 0 Å². The number of aromatic hydroxyl groups is 1. The summed E-state index contributed by atoms with van der Waals surface area (Å²) < 4.78 is 4.83. The summed E-state index contributed by atoms with van der Waals surface area (Å²) in [4.78, 5) is 19.7. The van der Waals surface area contributed by atoms with Crippen LogP contribution in [0.3, 0.4) is 0 Å². The summed E-state index contributed by atoms with van der Waals surface area (Å²) >= 11 is 5.97. The third kappa shape index (κ3) is 4.33. The molecule has 0 fully saturated rings. The predicted molar refractivity (Wildman–Crippen MR) is 82.8 cm³/mol. The Morgan fingerprint density at radius 2 is 2.14 bits per heavy atom. The quantitative estimate of drug-likeness (QED) is 0.794. The molecule has 0 saturated heterocycles. The second-order valence-electron chi connectivity index (χ2n) is 4.69. The minimum absolute atomic E-state index is 0.185. The molecule has 2 aromatic rings. The number of rotatable bonds is 6. The van der Waals surface area contributed by atoms with Gasteiger partial charge in [-0.15, -0.1) is 0 Å². The van der Waals surface area contributed by atoms with E-state index in [4.69, 9.17) is 16.3 Å². The molecule has 1 heterocycles. The van der Waals surface area contributed by atoms with Crippen molar-refractivity contribution in [2.75, 3.05) is 19.0 Å². The monoisotopic (exact) mass is 321 g/mol. The number of hydrogen-bond acceptors (Lipinski definition) is 6. The molecule has 2 N–H and O–H groups in total. The van der Waals surface area contributed by atoms with Gasteiger partial charge in [0.15, 0.2) is 0 Å². The summed E-state index contributed by atoms with van der Waals surface area (Å²) in [5, 5.41) is 12.7. The van der Waals surface area contributed by atoms with Gasteiger partial charge in [-0.2, -0.15) is 0 Å². The molecule has 0 bridgehead atoms. The van der Waals surface area contributed by atoms with E-state index in [1.807, 2.05) is 0 Å².